The first-order chi connectivity index (χ1) is 29.4. The van der Waals surface area contributed by atoms with Crippen LogP contribution < -0.4 is 0 Å². The Morgan fingerprint density at radius 1 is 0.755 bits per heavy atom. The first-order valence-electron chi connectivity index (χ1n) is 22.3. The van der Waals surface area contributed by atoms with Crippen LogP contribution in [0.2, 0.25) is 0 Å². The number of hydrogen-bond donors (Lipinski definition) is 0. The van der Waals surface area contributed by atoms with Gasteiger partial charge in [0.05, 0.1) is 5.58 Å². The van der Waals surface area contributed by atoms with Crippen molar-refractivity contribution in [2.75, 3.05) is 0 Å². The number of benzene rings is 4. The number of nitrogens with zero attached hydrogens (tertiary/aromatic N) is 3. The predicted molar refractivity (Wildman–Crippen MR) is 216 cm³/mol. The van der Waals surface area contributed by atoms with Crippen molar-refractivity contribution >= 4 is 22.1 Å². The molecule has 0 N–H and O–H groups in total. The van der Waals surface area contributed by atoms with Crippen molar-refractivity contribution in [3.05, 3.63) is 169 Å². The van der Waals surface area contributed by atoms with Crippen LogP contribution in [0.3, 0.4) is 0 Å². The summed E-state index contributed by atoms with van der Waals surface area (Å²) in [5.74, 6) is 0. The van der Waals surface area contributed by atoms with Gasteiger partial charge >= 0.3 is 0 Å². The van der Waals surface area contributed by atoms with Crippen LogP contribution in [-0.2, 0) is 26.5 Å². The summed E-state index contributed by atoms with van der Waals surface area (Å²) in [5, 5.41) is 1.54. The first kappa shape index (κ1) is 25.6. The largest absolute Gasteiger partial charge is 0.486 e. The Kier molecular flexibility index (Phi) is 7.59. The van der Waals surface area contributed by atoms with E-state index >= 15 is 0 Å². The minimum atomic E-state index is -2.32. The molecule has 0 atom stereocenters. The minimum Gasteiger partial charge on any atom is -0.486 e. The molecule has 0 fully saturated rings. The van der Waals surface area contributed by atoms with Crippen LogP contribution in [0.15, 0.2) is 132 Å². The predicted octanol–water partition coefficient (Wildman–Crippen LogP) is 12.6. The molecule has 0 saturated carbocycles. The fraction of sp³-hybridized carbons (Fsp3) is 0.167. The molecule has 0 spiro atoms. The Labute approximate surface area is 342 Å². The van der Waals surface area contributed by atoms with Crippen LogP contribution in [0.25, 0.3) is 66.8 Å². The van der Waals surface area contributed by atoms with Gasteiger partial charge in [-0.3, -0.25) is 4.98 Å². The van der Waals surface area contributed by atoms with Gasteiger partial charge in [0.25, 0.3) is 0 Å². The SMILES string of the molecule is [2H]C([2H])([2H])c1ccc(-c2cc(-c3ccccc3)c(C([2H])([2H])[2H])cc2[CH2-])nc1.[2H]C([2H])([2H])c1ccc2c(n1)oc1c(-c3cc(-c4ccc(C([2H])([2H])C(C)(C)C)cc4)ccn3)[c-]ccc12.[Ir]. The second-order valence-electron chi connectivity index (χ2n) is 13.5. The van der Waals surface area contributed by atoms with Crippen molar-refractivity contribution < 1.29 is 39.6 Å². The van der Waals surface area contributed by atoms with Gasteiger partial charge in [-0.25, -0.2) is 4.98 Å². The monoisotopic (exact) mass is 881 g/mol. The molecule has 53 heavy (non-hydrogen) atoms. The van der Waals surface area contributed by atoms with Crippen molar-refractivity contribution in [1.29, 1.82) is 0 Å². The molecule has 0 unspecified atom stereocenters. The van der Waals surface area contributed by atoms with Gasteiger partial charge < -0.3 is 9.40 Å². The summed E-state index contributed by atoms with van der Waals surface area (Å²) in [5.41, 5.74) is 7.54. The molecule has 5 heteroatoms. The van der Waals surface area contributed by atoms with Gasteiger partial charge in [-0.15, -0.1) is 29.8 Å². The Bertz CT molecular complexity index is 2920. The van der Waals surface area contributed by atoms with Gasteiger partial charge in [-0.1, -0.05) is 111 Å². The van der Waals surface area contributed by atoms with Crippen molar-refractivity contribution in [2.45, 2.75) is 47.7 Å². The van der Waals surface area contributed by atoms with Gasteiger partial charge in [-0.2, -0.15) is 18.6 Å². The third-order valence-corrected chi connectivity index (χ3v) is 8.42. The molecule has 1 radical (unpaired) electrons. The van der Waals surface area contributed by atoms with Gasteiger partial charge in [0.2, 0.25) is 5.71 Å². The number of aromatic nitrogens is 3. The molecule has 0 aliphatic carbocycles. The van der Waals surface area contributed by atoms with Crippen molar-refractivity contribution in [1.82, 2.24) is 15.0 Å². The average molecular weight is 881 g/mol. The Balaban J connectivity index is 0.000000218. The van der Waals surface area contributed by atoms with E-state index in [1.165, 1.54) is 18.3 Å². The van der Waals surface area contributed by atoms with Gasteiger partial charge in [0, 0.05) is 64.4 Å². The topological polar surface area (TPSA) is 51.8 Å². The molecule has 0 aliphatic heterocycles. The van der Waals surface area contributed by atoms with Gasteiger partial charge in [0.15, 0.2) is 0 Å². The molecule has 4 heterocycles. The van der Waals surface area contributed by atoms with Crippen LogP contribution in [-0.4, -0.2) is 15.0 Å². The third-order valence-electron chi connectivity index (χ3n) is 8.42. The molecule has 8 aromatic rings. The fourth-order valence-electron chi connectivity index (χ4n) is 6.03. The smallest absolute Gasteiger partial charge is 0.216 e. The van der Waals surface area contributed by atoms with E-state index in [1.807, 2.05) is 93.6 Å². The number of hydrogen-bond acceptors (Lipinski definition) is 4. The number of aryl methyl sites for hydroxylation is 3. The second kappa shape index (κ2) is 15.7. The maximum atomic E-state index is 8.52. The van der Waals surface area contributed by atoms with Crippen LogP contribution in [0.4, 0.5) is 0 Å². The summed E-state index contributed by atoms with van der Waals surface area (Å²) in [6.07, 6.45) is 1.57. The van der Waals surface area contributed by atoms with E-state index in [9.17, 15) is 0 Å². The molecule has 8 rings (SSSR count). The summed E-state index contributed by atoms with van der Waals surface area (Å²) < 4.78 is 91.9. The number of fused-ring (bicyclic) bond motifs is 3. The summed E-state index contributed by atoms with van der Waals surface area (Å²) in [6, 6.07) is 37.2. The average Bonchev–Trinajstić information content (AvgIpc) is 3.61. The van der Waals surface area contributed by atoms with E-state index < -0.39 is 32.3 Å². The van der Waals surface area contributed by atoms with Gasteiger partial charge in [0.1, 0.15) is 0 Å². The maximum absolute atomic E-state index is 8.52. The molecule has 4 aromatic heterocycles. The quantitative estimate of drug-likeness (QED) is 0.162. The molecule has 0 aliphatic rings. The molecular formula is C48H43IrN3O-2. The summed E-state index contributed by atoms with van der Waals surface area (Å²) in [7, 11) is 0. The molecule has 4 nitrogen and oxygen atoms in total. The van der Waals surface area contributed by atoms with E-state index in [0.29, 0.717) is 44.8 Å². The number of rotatable bonds is 5. The molecule has 4 aromatic carbocycles. The number of pyridine rings is 3. The summed E-state index contributed by atoms with van der Waals surface area (Å²) >= 11 is 0. The second-order valence-corrected chi connectivity index (χ2v) is 13.5. The Morgan fingerprint density at radius 2 is 1.58 bits per heavy atom. The Morgan fingerprint density at radius 3 is 2.30 bits per heavy atom. The minimum absolute atomic E-state index is 0. The van der Waals surface area contributed by atoms with Crippen LogP contribution in [0.1, 0.15) is 63.8 Å². The van der Waals surface area contributed by atoms with Crippen molar-refractivity contribution in [2.24, 2.45) is 5.41 Å². The number of furan rings is 1. The Hall–Kier alpha value is -5.35. The normalized spacial score (nSPS) is 15.3. The molecular weight excluding hydrogens is 827 g/mol. The van der Waals surface area contributed by atoms with E-state index in [1.54, 1.807) is 36.5 Å². The summed E-state index contributed by atoms with van der Waals surface area (Å²) in [4.78, 5) is 13.0. The van der Waals surface area contributed by atoms with E-state index in [0.717, 1.165) is 27.5 Å². The molecule has 0 amide bonds. The maximum Gasteiger partial charge on any atom is 0.216 e. The van der Waals surface area contributed by atoms with Gasteiger partial charge in [-0.05, 0) is 88.8 Å². The zero-order valence-corrected chi connectivity index (χ0v) is 31.8. The standard InChI is InChI=1S/C28H25N2O.C20H18N.Ir/c1-18-8-13-23-22-6-5-7-24(26(22)31-27(23)30-18)25-16-21(14-15-29-25)20-11-9-19(10-12-20)17-28(2,3)4;1-14-9-10-20(21-13-14)19-12-18(15(2)11-16(19)3)17-7-5-4-6-8-17;/h5-6,8-16H,17H2,1-4H3;4-13H,3H2,1-2H3;/q2*-1;/i1D3,17D2;1D3,2D3;. The summed E-state index contributed by atoms with van der Waals surface area (Å²) in [6.45, 7) is 2.83. The zero-order chi connectivity index (χ0) is 45.7. The van der Waals surface area contributed by atoms with Crippen LogP contribution >= 0.6 is 0 Å². The molecule has 267 valence electrons. The molecule has 0 bridgehead atoms. The van der Waals surface area contributed by atoms with Crippen molar-refractivity contribution in [3.63, 3.8) is 0 Å². The fourth-order valence-corrected chi connectivity index (χ4v) is 6.03. The molecule has 0 saturated heterocycles. The van der Waals surface area contributed by atoms with E-state index in [2.05, 4.69) is 27.9 Å². The van der Waals surface area contributed by atoms with Crippen LogP contribution in [0.5, 0.6) is 0 Å². The van der Waals surface area contributed by atoms with Crippen LogP contribution in [0, 0.1) is 39.0 Å². The zero-order valence-electron chi connectivity index (χ0n) is 40.4. The van der Waals surface area contributed by atoms with E-state index in [-0.39, 0.29) is 42.6 Å². The van der Waals surface area contributed by atoms with E-state index in [4.69, 9.17) is 19.5 Å². The first-order valence-corrected chi connectivity index (χ1v) is 16.8. The third kappa shape index (κ3) is 8.49. The van der Waals surface area contributed by atoms with Crippen molar-refractivity contribution in [3.8, 4) is 44.8 Å².